The summed E-state index contributed by atoms with van der Waals surface area (Å²) in [5.74, 6) is 0.104. The van der Waals surface area contributed by atoms with Crippen LogP contribution in [0.5, 0.6) is 0 Å². The Morgan fingerprint density at radius 1 is 1.55 bits per heavy atom. The number of rotatable bonds is 4. The van der Waals surface area contributed by atoms with Crippen LogP contribution in [-0.4, -0.2) is 36.5 Å². The van der Waals surface area contributed by atoms with E-state index in [0.29, 0.717) is 11.1 Å². The van der Waals surface area contributed by atoms with Crippen molar-refractivity contribution in [2.75, 3.05) is 19.6 Å². The third-order valence-corrected chi connectivity index (χ3v) is 4.77. The van der Waals surface area contributed by atoms with Gasteiger partial charge in [-0.15, -0.1) is 0 Å². The summed E-state index contributed by atoms with van der Waals surface area (Å²) in [4.78, 5) is 14.9. The maximum atomic E-state index is 12.8. The highest BCUT2D eigenvalue weighted by Crippen LogP contribution is 2.22. The van der Waals surface area contributed by atoms with Gasteiger partial charge in [-0.25, -0.2) is 0 Å². The second kappa shape index (κ2) is 7.61. The molecule has 20 heavy (non-hydrogen) atoms. The second-order valence-electron chi connectivity index (χ2n) is 5.12. The minimum absolute atomic E-state index is 0.104. The molecule has 0 spiro atoms. The molecule has 110 valence electrons. The van der Waals surface area contributed by atoms with Crippen LogP contribution in [0.3, 0.4) is 0 Å². The van der Waals surface area contributed by atoms with Crippen LogP contribution in [0.25, 0.3) is 0 Å². The molecule has 5 heteroatoms. The van der Waals surface area contributed by atoms with Gasteiger partial charge < -0.3 is 10.2 Å². The van der Waals surface area contributed by atoms with Crippen molar-refractivity contribution in [3.05, 3.63) is 32.4 Å². The monoisotopic (exact) mass is 406 g/mol. The molecule has 1 N–H and O–H groups in total. The summed E-state index contributed by atoms with van der Waals surface area (Å²) in [5, 5.41) is 4.00. The Balaban J connectivity index is 2.23. The maximum absolute atomic E-state index is 12.8. The highest BCUT2D eigenvalue weighted by Gasteiger charge is 2.26. The summed E-state index contributed by atoms with van der Waals surface area (Å²) in [7, 11) is 0. The average molecular weight is 407 g/mol. The predicted octanol–water partition coefficient (Wildman–Crippen LogP) is 3.55. The zero-order valence-electron chi connectivity index (χ0n) is 11.7. The normalized spacial score (nSPS) is 18.9. The number of benzene rings is 1. The van der Waals surface area contributed by atoms with Crippen LogP contribution in [0, 0.1) is 3.57 Å². The lowest BCUT2D eigenvalue weighted by molar-refractivity contribution is 0.0648. The standard InChI is InChI=1S/C15H20ClIN2O/c1-2-8-19(12-4-3-7-18-10-12)15(20)13-9-11(16)5-6-14(13)17/h5-6,9,12,18H,2-4,7-8,10H2,1H3. The van der Waals surface area contributed by atoms with Crippen molar-refractivity contribution in [2.45, 2.75) is 32.2 Å². The van der Waals surface area contributed by atoms with Gasteiger partial charge in [0.1, 0.15) is 0 Å². The van der Waals surface area contributed by atoms with Gasteiger partial charge in [0.2, 0.25) is 0 Å². The molecule has 0 saturated carbocycles. The van der Waals surface area contributed by atoms with E-state index in [0.717, 1.165) is 48.0 Å². The highest BCUT2D eigenvalue weighted by atomic mass is 127. The molecule has 1 aliphatic heterocycles. The summed E-state index contributed by atoms with van der Waals surface area (Å²) in [6, 6.07) is 5.81. The number of nitrogens with one attached hydrogen (secondary N) is 1. The lowest BCUT2D eigenvalue weighted by atomic mass is 10.0. The first-order valence-electron chi connectivity index (χ1n) is 7.10. The number of amides is 1. The van der Waals surface area contributed by atoms with E-state index >= 15 is 0 Å². The molecule has 0 aliphatic carbocycles. The van der Waals surface area contributed by atoms with Gasteiger partial charge in [-0.2, -0.15) is 0 Å². The van der Waals surface area contributed by atoms with Gasteiger partial charge >= 0.3 is 0 Å². The quantitative estimate of drug-likeness (QED) is 0.776. The van der Waals surface area contributed by atoms with Crippen molar-refractivity contribution in [1.82, 2.24) is 10.2 Å². The van der Waals surface area contributed by atoms with Crippen molar-refractivity contribution in [3.8, 4) is 0 Å². The first-order valence-corrected chi connectivity index (χ1v) is 8.56. The van der Waals surface area contributed by atoms with Crippen LogP contribution in [0.2, 0.25) is 5.02 Å². The second-order valence-corrected chi connectivity index (χ2v) is 6.72. The smallest absolute Gasteiger partial charge is 0.255 e. The lowest BCUT2D eigenvalue weighted by Gasteiger charge is -2.35. The van der Waals surface area contributed by atoms with Crippen LogP contribution < -0.4 is 5.32 Å². The predicted molar refractivity (Wildman–Crippen MR) is 91.4 cm³/mol. The van der Waals surface area contributed by atoms with Crippen LogP contribution in [0.4, 0.5) is 0 Å². The van der Waals surface area contributed by atoms with E-state index in [4.69, 9.17) is 11.6 Å². The molecule has 1 aromatic carbocycles. The van der Waals surface area contributed by atoms with Crippen molar-refractivity contribution in [1.29, 1.82) is 0 Å². The zero-order chi connectivity index (χ0) is 14.5. The molecule has 3 nitrogen and oxygen atoms in total. The topological polar surface area (TPSA) is 32.3 Å². The Kier molecular flexibility index (Phi) is 6.11. The molecule has 1 saturated heterocycles. The number of halogens is 2. The number of nitrogens with zero attached hydrogens (tertiary/aromatic N) is 1. The van der Waals surface area contributed by atoms with E-state index in [1.165, 1.54) is 0 Å². The Morgan fingerprint density at radius 3 is 3.00 bits per heavy atom. The van der Waals surface area contributed by atoms with E-state index in [9.17, 15) is 4.79 Å². The summed E-state index contributed by atoms with van der Waals surface area (Å²) >= 11 is 8.25. The number of carbonyl (C=O) groups is 1. The molecular formula is C15H20ClIN2O. The zero-order valence-corrected chi connectivity index (χ0v) is 14.6. The van der Waals surface area contributed by atoms with Gasteiger partial charge in [0.05, 0.1) is 5.56 Å². The lowest BCUT2D eigenvalue weighted by Crippen LogP contribution is -2.49. The largest absolute Gasteiger partial charge is 0.334 e. The first kappa shape index (κ1) is 16.0. The fraction of sp³-hybridized carbons (Fsp3) is 0.533. The fourth-order valence-electron chi connectivity index (χ4n) is 2.61. The Morgan fingerprint density at radius 2 is 2.35 bits per heavy atom. The summed E-state index contributed by atoms with van der Waals surface area (Å²) in [5.41, 5.74) is 0.720. The summed E-state index contributed by atoms with van der Waals surface area (Å²) in [6.07, 6.45) is 3.18. The molecule has 0 bridgehead atoms. The van der Waals surface area contributed by atoms with E-state index < -0.39 is 0 Å². The Hall–Kier alpha value is -0.330. The van der Waals surface area contributed by atoms with Crippen LogP contribution in [0.15, 0.2) is 18.2 Å². The van der Waals surface area contributed by atoms with Gasteiger partial charge in [-0.3, -0.25) is 4.79 Å². The molecular weight excluding hydrogens is 387 g/mol. The van der Waals surface area contributed by atoms with E-state index in [2.05, 4.69) is 34.8 Å². The van der Waals surface area contributed by atoms with Crippen LogP contribution in [-0.2, 0) is 0 Å². The molecule has 0 radical (unpaired) electrons. The molecule has 1 aromatic rings. The third-order valence-electron chi connectivity index (χ3n) is 3.60. The molecule has 1 fully saturated rings. The van der Waals surface area contributed by atoms with Crippen LogP contribution in [0.1, 0.15) is 36.5 Å². The minimum Gasteiger partial charge on any atom is -0.334 e. The van der Waals surface area contributed by atoms with Crippen LogP contribution >= 0.6 is 34.2 Å². The molecule has 1 aliphatic rings. The highest BCUT2D eigenvalue weighted by molar-refractivity contribution is 14.1. The van der Waals surface area contributed by atoms with Gasteiger partial charge in [-0.05, 0) is 66.6 Å². The molecule has 1 atom stereocenters. The first-order chi connectivity index (χ1) is 9.63. The van der Waals surface area contributed by atoms with Crippen molar-refractivity contribution in [3.63, 3.8) is 0 Å². The SMILES string of the molecule is CCCN(C(=O)c1cc(Cl)ccc1I)C1CCCNC1. The number of carbonyl (C=O) groups excluding carboxylic acids is 1. The molecule has 0 aromatic heterocycles. The van der Waals surface area contributed by atoms with E-state index in [1.807, 2.05) is 17.0 Å². The third kappa shape index (κ3) is 3.86. The number of hydrogen-bond donors (Lipinski definition) is 1. The summed E-state index contributed by atoms with van der Waals surface area (Å²) < 4.78 is 0.960. The van der Waals surface area contributed by atoms with Crippen molar-refractivity contribution in [2.24, 2.45) is 0 Å². The maximum Gasteiger partial charge on any atom is 0.255 e. The fourth-order valence-corrected chi connectivity index (χ4v) is 3.34. The van der Waals surface area contributed by atoms with Gasteiger partial charge in [0.15, 0.2) is 0 Å². The Bertz CT molecular complexity index is 475. The van der Waals surface area contributed by atoms with Gasteiger partial charge in [0.25, 0.3) is 5.91 Å². The number of piperidine rings is 1. The van der Waals surface area contributed by atoms with Crippen molar-refractivity contribution < 1.29 is 4.79 Å². The Labute approximate surface area is 139 Å². The molecule has 1 amide bonds. The average Bonchev–Trinajstić information content (AvgIpc) is 2.47. The molecule has 1 heterocycles. The minimum atomic E-state index is 0.104. The molecule has 1 unspecified atom stereocenters. The van der Waals surface area contributed by atoms with Gasteiger partial charge in [0, 0.05) is 27.7 Å². The summed E-state index contributed by atoms with van der Waals surface area (Å²) in [6.45, 7) is 4.86. The number of hydrogen-bond acceptors (Lipinski definition) is 2. The van der Waals surface area contributed by atoms with E-state index in [1.54, 1.807) is 6.07 Å². The van der Waals surface area contributed by atoms with Crippen molar-refractivity contribution >= 4 is 40.1 Å². The molecule has 2 rings (SSSR count). The van der Waals surface area contributed by atoms with E-state index in [-0.39, 0.29) is 5.91 Å². The van der Waals surface area contributed by atoms with Gasteiger partial charge in [-0.1, -0.05) is 18.5 Å².